The Kier molecular flexibility index (Phi) is 54.5. The van der Waals surface area contributed by atoms with Crippen LogP contribution in [0.3, 0.4) is 0 Å². The summed E-state index contributed by atoms with van der Waals surface area (Å²) in [7, 11) is 0. The third-order valence-electron chi connectivity index (χ3n) is 14.2. The molecule has 0 saturated heterocycles. The molecule has 65 heavy (non-hydrogen) atoms. The summed E-state index contributed by atoms with van der Waals surface area (Å²) in [5.41, 5.74) is 0. The molecule has 0 fully saturated rings. The van der Waals surface area contributed by atoms with Crippen molar-refractivity contribution in [3.8, 4) is 0 Å². The second-order valence-electron chi connectivity index (χ2n) is 20.7. The lowest BCUT2D eigenvalue weighted by molar-refractivity contribution is -0.143. The molecule has 6 heteroatoms. The molecule has 388 valence electrons. The molecular formula is C59H117NO5. The fraction of sp³-hybridized carbons (Fsp3) is 0.966. The lowest BCUT2D eigenvalue weighted by Crippen LogP contribution is -2.45. The Morgan fingerprint density at radius 1 is 0.369 bits per heavy atom. The fourth-order valence-electron chi connectivity index (χ4n) is 9.58. The van der Waals surface area contributed by atoms with Gasteiger partial charge in [-0.1, -0.05) is 303 Å². The van der Waals surface area contributed by atoms with Gasteiger partial charge in [-0.05, 0) is 25.7 Å². The van der Waals surface area contributed by atoms with Gasteiger partial charge in [0, 0.05) is 12.8 Å². The van der Waals surface area contributed by atoms with E-state index in [-0.39, 0.29) is 18.5 Å². The first-order valence-electron chi connectivity index (χ1n) is 29.8. The predicted octanol–water partition coefficient (Wildman–Crippen LogP) is 18.3. The van der Waals surface area contributed by atoms with Gasteiger partial charge in [0.05, 0.1) is 25.4 Å². The van der Waals surface area contributed by atoms with E-state index in [1.807, 2.05) is 0 Å². The minimum absolute atomic E-state index is 0.0146. The number of unbranched alkanes of at least 4 members (excludes halogenated alkanes) is 45. The van der Waals surface area contributed by atoms with Crippen molar-refractivity contribution < 1.29 is 24.5 Å². The molecule has 0 aromatic carbocycles. The Morgan fingerprint density at radius 2 is 0.631 bits per heavy atom. The molecule has 6 nitrogen and oxygen atoms in total. The molecule has 0 aliphatic carbocycles. The number of nitrogens with one attached hydrogen (secondary N) is 1. The lowest BCUT2D eigenvalue weighted by atomic mass is 10.0. The van der Waals surface area contributed by atoms with Crippen LogP contribution in [0.15, 0.2) is 0 Å². The standard InChI is InChI=1S/C59H117NO5/c1-3-5-7-9-11-13-15-16-17-18-20-24-27-30-33-37-41-45-49-53-59(64)65-54-50-46-42-38-34-31-28-25-22-19-21-23-26-29-32-36-40-44-48-52-58(63)60-56(55-61)57(62)51-47-43-39-35-14-12-10-8-6-4-2/h56-57,61-62H,3-55H2,1-2H3,(H,60,63). The number of carbonyl (C=O) groups is 2. The minimum Gasteiger partial charge on any atom is -0.466 e. The number of aliphatic hydroxyl groups is 2. The van der Waals surface area contributed by atoms with Gasteiger partial charge in [0.15, 0.2) is 0 Å². The van der Waals surface area contributed by atoms with Gasteiger partial charge in [-0.3, -0.25) is 9.59 Å². The topological polar surface area (TPSA) is 95.9 Å². The molecular weight excluding hydrogens is 803 g/mol. The number of ether oxygens (including phenoxy) is 1. The van der Waals surface area contributed by atoms with Crippen molar-refractivity contribution in [2.24, 2.45) is 0 Å². The van der Waals surface area contributed by atoms with Crippen molar-refractivity contribution in [3.05, 3.63) is 0 Å². The van der Waals surface area contributed by atoms with Crippen LogP contribution in [0.2, 0.25) is 0 Å². The third kappa shape index (κ3) is 52.1. The number of hydrogen-bond acceptors (Lipinski definition) is 5. The van der Waals surface area contributed by atoms with E-state index >= 15 is 0 Å². The largest absolute Gasteiger partial charge is 0.466 e. The van der Waals surface area contributed by atoms with E-state index in [0.717, 1.165) is 38.5 Å². The molecule has 1 amide bonds. The molecule has 0 saturated carbocycles. The van der Waals surface area contributed by atoms with Gasteiger partial charge in [-0.25, -0.2) is 0 Å². The van der Waals surface area contributed by atoms with Crippen molar-refractivity contribution in [3.63, 3.8) is 0 Å². The molecule has 2 atom stereocenters. The van der Waals surface area contributed by atoms with Crippen molar-refractivity contribution in [1.29, 1.82) is 0 Å². The summed E-state index contributed by atoms with van der Waals surface area (Å²) in [5, 5.41) is 23.1. The molecule has 0 bridgehead atoms. The lowest BCUT2D eigenvalue weighted by Gasteiger charge is -2.22. The molecule has 0 spiro atoms. The maximum absolute atomic E-state index is 12.4. The zero-order valence-corrected chi connectivity index (χ0v) is 44.3. The van der Waals surface area contributed by atoms with Gasteiger partial charge in [0.25, 0.3) is 0 Å². The predicted molar refractivity (Wildman–Crippen MR) is 283 cm³/mol. The number of rotatable bonds is 56. The minimum atomic E-state index is -0.663. The first-order chi connectivity index (χ1) is 32.0. The van der Waals surface area contributed by atoms with Crippen LogP contribution in [-0.2, 0) is 14.3 Å². The van der Waals surface area contributed by atoms with Gasteiger partial charge < -0.3 is 20.3 Å². The molecule has 3 N–H and O–H groups in total. The Bertz CT molecular complexity index is 928. The first kappa shape index (κ1) is 63.9. The average molecular weight is 921 g/mol. The second-order valence-corrected chi connectivity index (χ2v) is 20.7. The Hall–Kier alpha value is -1.14. The molecule has 0 heterocycles. The zero-order chi connectivity index (χ0) is 47.2. The van der Waals surface area contributed by atoms with Gasteiger partial charge in [-0.2, -0.15) is 0 Å². The first-order valence-corrected chi connectivity index (χ1v) is 29.8. The Balaban J connectivity index is 3.33. The quantitative estimate of drug-likeness (QED) is 0.0417. The summed E-state index contributed by atoms with van der Waals surface area (Å²) in [6.45, 7) is 4.96. The van der Waals surface area contributed by atoms with Crippen LogP contribution in [0, 0.1) is 0 Å². The number of amides is 1. The van der Waals surface area contributed by atoms with Crippen LogP contribution < -0.4 is 5.32 Å². The summed E-state index contributed by atoms with van der Waals surface area (Å²) >= 11 is 0. The summed E-state index contributed by atoms with van der Waals surface area (Å²) in [6, 6.07) is -0.540. The highest BCUT2D eigenvalue weighted by Gasteiger charge is 2.20. The highest BCUT2D eigenvalue weighted by Crippen LogP contribution is 2.18. The molecule has 2 unspecified atom stereocenters. The van der Waals surface area contributed by atoms with Crippen LogP contribution in [0.5, 0.6) is 0 Å². The molecule has 0 aliphatic rings. The van der Waals surface area contributed by atoms with E-state index in [0.29, 0.717) is 25.9 Å². The molecule has 0 rings (SSSR count). The van der Waals surface area contributed by atoms with E-state index in [9.17, 15) is 19.8 Å². The zero-order valence-electron chi connectivity index (χ0n) is 44.3. The van der Waals surface area contributed by atoms with E-state index in [4.69, 9.17) is 4.74 Å². The van der Waals surface area contributed by atoms with Crippen LogP contribution >= 0.6 is 0 Å². The Labute approximate surface area is 406 Å². The second kappa shape index (κ2) is 55.5. The fourth-order valence-corrected chi connectivity index (χ4v) is 9.58. The van der Waals surface area contributed by atoms with E-state index in [2.05, 4.69) is 19.2 Å². The van der Waals surface area contributed by atoms with Crippen molar-refractivity contribution in [2.75, 3.05) is 13.2 Å². The summed E-state index contributed by atoms with van der Waals surface area (Å²) in [5.74, 6) is -0.0230. The molecule has 0 radical (unpaired) electrons. The van der Waals surface area contributed by atoms with Crippen molar-refractivity contribution in [2.45, 2.75) is 353 Å². The number of hydrogen-bond donors (Lipinski definition) is 3. The van der Waals surface area contributed by atoms with Crippen LogP contribution in [-0.4, -0.2) is 47.4 Å². The monoisotopic (exact) mass is 920 g/mol. The number of carbonyl (C=O) groups excluding carboxylic acids is 2. The Morgan fingerprint density at radius 3 is 0.938 bits per heavy atom. The molecule has 0 aromatic rings. The van der Waals surface area contributed by atoms with Crippen LogP contribution in [0.25, 0.3) is 0 Å². The summed E-state index contributed by atoms with van der Waals surface area (Å²) in [6.07, 6.45) is 63.9. The normalized spacial score (nSPS) is 12.5. The van der Waals surface area contributed by atoms with Crippen LogP contribution in [0.1, 0.15) is 341 Å². The highest BCUT2D eigenvalue weighted by molar-refractivity contribution is 5.76. The van der Waals surface area contributed by atoms with Crippen LogP contribution in [0.4, 0.5) is 0 Å². The van der Waals surface area contributed by atoms with E-state index < -0.39 is 12.1 Å². The number of aliphatic hydroxyl groups excluding tert-OH is 2. The average Bonchev–Trinajstić information content (AvgIpc) is 3.31. The van der Waals surface area contributed by atoms with Gasteiger partial charge in [-0.15, -0.1) is 0 Å². The van der Waals surface area contributed by atoms with Gasteiger partial charge in [0.1, 0.15) is 0 Å². The SMILES string of the molecule is CCCCCCCCCCCCCCCCCCCCCC(=O)OCCCCCCCCCCCCCCCCCCCCCC(=O)NC(CO)C(O)CCCCCCCCCCCC. The molecule has 0 aromatic heterocycles. The maximum Gasteiger partial charge on any atom is 0.305 e. The summed E-state index contributed by atoms with van der Waals surface area (Å²) < 4.78 is 5.50. The van der Waals surface area contributed by atoms with Crippen molar-refractivity contribution in [1.82, 2.24) is 5.32 Å². The third-order valence-corrected chi connectivity index (χ3v) is 14.2. The van der Waals surface area contributed by atoms with E-state index in [1.165, 1.54) is 270 Å². The maximum atomic E-state index is 12.4. The highest BCUT2D eigenvalue weighted by atomic mass is 16.5. The van der Waals surface area contributed by atoms with Gasteiger partial charge in [0.2, 0.25) is 5.91 Å². The molecule has 0 aliphatic heterocycles. The summed E-state index contributed by atoms with van der Waals surface area (Å²) in [4.78, 5) is 24.5. The number of esters is 1. The van der Waals surface area contributed by atoms with Crippen molar-refractivity contribution >= 4 is 11.9 Å². The van der Waals surface area contributed by atoms with Gasteiger partial charge >= 0.3 is 5.97 Å². The van der Waals surface area contributed by atoms with E-state index in [1.54, 1.807) is 0 Å². The smallest absolute Gasteiger partial charge is 0.305 e.